The standard InChI is InChI=1S/C17H21N3O3/c1-12-9-11-20(19-12)14-6-4-13(5-7-14)16(23)18-17(2,3)10-8-15(21)22/h4-7,9,11H,8,10H2,1-3H3,(H,18,23)(H,21,22). The molecular formula is C17H21N3O3. The largest absolute Gasteiger partial charge is 0.481 e. The second-order valence-corrected chi connectivity index (χ2v) is 6.18. The predicted molar refractivity (Wildman–Crippen MR) is 86.7 cm³/mol. The summed E-state index contributed by atoms with van der Waals surface area (Å²) in [6.07, 6.45) is 2.25. The van der Waals surface area contributed by atoms with Gasteiger partial charge in [-0.15, -0.1) is 0 Å². The average Bonchev–Trinajstić information content (AvgIpc) is 2.92. The number of carbonyl (C=O) groups excluding carboxylic acids is 1. The Bertz CT molecular complexity index is 702. The summed E-state index contributed by atoms with van der Waals surface area (Å²) in [5.74, 6) is -1.09. The summed E-state index contributed by atoms with van der Waals surface area (Å²) in [5, 5.41) is 15.9. The fourth-order valence-electron chi connectivity index (χ4n) is 2.19. The van der Waals surface area contributed by atoms with Gasteiger partial charge < -0.3 is 10.4 Å². The lowest BCUT2D eigenvalue weighted by Gasteiger charge is -2.25. The van der Waals surface area contributed by atoms with Crippen LogP contribution in [0.3, 0.4) is 0 Å². The molecule has 23 heavy (non-hydrogen) atoms. The zero-order chi connectivity index (χ0) is 17.0. The minimum atomic E-state index is -0.869. The van der Waals surface area contributed by atoms with E-state index < -0.39 is 11.5 Å². The maximum Gasteiger partial charge on any atom is 0.303 e. The van der Waals surface area contributed by atoms with Gasteiger partial charge in [-0.05, 0) is 57.5 Å². The van der Waals surface area contributed by atoms with E-state index in [9.17, 15) is 9.59 Å². The number of nitrogens with one attached hydrogen (secondary N) is 1. The van der Waals surface area contributed by atoms with Crippen LogP contribution in [-0.2, 0) is 4.79 Å². The van der Waals surface area contributed by atoms with Crippen LogP contribution in [0.1, 0.15) is 42.7 Å². The van der Waals surface area contributed by atoms with Gasteiger partial charge >= 0.3 is 5.97 Å². The van der Waals surface area contributed by atoms with Crippen molar-refractivity contribution in [1.82, 2.24) is 15.1 Å². The Morgan fingerprint density at radius 3 is 2.39 bits per heavy atom. The summed E-state index contributed by atoms with van der Waals surface area (Å²) < 4.78 is 1.74. The number of hydrogen-bond donors (Lipinski definition) is 2. The number of rotatable bonds is 6. The Balaban J connectivity index is 2.04. The molecule has 1 amide bonds. The zero-order valence-electron chi connectivity index (χ0n) is 13.5. The zero-order valence-corrected chi connectivity index (χ0v) is 13.5. The average molecular weight is 315 g/mol. The monoisotopic (exact) mass is 315 g/mol. The molecule has 0 bridgehead atoms. The summed E-state index contributed by atoms with van der Waals surface area (Å²) in [7, 11) is 0. The van der Waals surface area contributed by atoms with Crippen molar-refractivity contribution in [2.24, 2.45) is 0 Å². The first-order chi connectivity index (χ1) is 10.8. The summed E-state index contributed by atoms with van der Waals surface area (Å²) in [6.45, 7) is 5.54. The van der Waals surface area contributed by atoms with Crippen molar-refractivity contribution < 1.29 is 14.7 Å². The van der Waals surface area contributed by atoms with Gasteiger partial charge in [0.25, 0.3) is 5.91 Å². The van der Waals surface area contributed by atoms with Crippen LogP contribution in [0.25, 0.3) is 5.69 Å². The molecule has 122 valence electrons. The van der Waals surface area contributed by atoms with Gasteiger partial charge in [-0.25, -0.2) is 4.68 Å². The summed E-state index contributed by atoms with van der Waals surface area (Å²) >= 11 is 0. The van der Waals surface area contributed by atoms with Crippen molar-refractivity contribution in [3.05, 3.63) is 47.8 Å². The van der Waals surface area contributed by atoms with Crippen LogP contribution < -0.4 is 5.32 Å². The Kier molecular flexibility index (Phi) is 4.83. The molecule has 0 saturated heterocycles. The number of aliphatic carboxylic acids is 1. The highest BCUT2D eigenvalue weighted by Crippen LogP contribution is 2.14. The summed E-state index contributed by atoms with van der Waals surface area (Å²) in [4.78, 5) is 22.9. The number of carboxylic acids is 1. The number of nitrogens with zero attached hydrogens (tertiary/aromatic N) is 2. The fraction of sp³-hybridized carbons (Fsp3) is 0.353. The lowest BCUT2D eigenvalue weighted by molar-refractivity contribution is -0.137. The van der Waals surface area contributed by atoms with Crippen LogP contribution in [0.4, 0.5) is 0 Å². The molecular weight excluding hydrogens is 294 g/mol. The highest BCUT2D eigenvalue weighted by atomic mass is 16.4. The molecule has 0 spiro atoms. The predicted octanol–water partition coefficient (Wildman–Crippen LogP) is 2.55. The molecule has 1 aromatic carbocycles. The van der Waals surface area contributed by atoms with Gasteiger partial charge in [0.1, 0.15) is 0 Å². The molecule has 6 heteroatoms. The Morgan fingerprint density at radius 1 is 1.22 bits per heavy atom. The van der Waals surface area contributed by atoms with Crippen molar-refractivity contribution in [2.45, 2.75) is 39.2 Å². The number of aryl methyl sites for hydroxylation is 1. The number of carbonyl (C=O) groups is 2. The molecule has 0 aliphatic carbocycles. The quantitative estimate of drug-likeness (QED) is 0.858. The highest BCUT2D eigenvalue weighted by molar-refractivity contribution is 5.94. The molecule has 2 N–H and O–H groups in total. The summed E-state index contributed by atoms with van der Waals surface area (Å²) in [5.41, 5.74) is 1.75. The smallest absolute Gasteiger partial charge is 0.303 e. The maximum absolute atomic E-state index is 12.3. The van der Waals surface area contributed by atoms with E-state index in [2.05, 4.69) is 10.4 Å². The number of benzene rings is 1. The van der Waals surface area contributed by atoms with Gasteiger partial charge in [0.15, 0.2) is 0 Å². The van der Waals surface area contributed by atoms with Crippen molar-refractivity contribution in [3.8, 4) is 5.69 Å². The van der Waals surface area contributed by atoms with E-state index in [1.165, 1.54) is 0 Å². The number of aromatic nitrogens is 2. The highest BCUT2D eigenvalue weighted by Gasteiger charge is 2.22. The number of amides is 1. The van der Waals surface area contributed by atoms with Gasteiger partial charge in [-0.1, -0.05) is 0 Å². The van der Waals surface area contributed by atoms with Crippen LogP contribution in [-0.4, -0.2) is 32.3 Å². The Morgan fingerprint density at radius 2 is 1.87 bits per heavy atom. The van der Waals surface area contributed by atoms with Crippen LogP contribution >= 0.6 is 0 Å². The van der Waals surface area contributed by atoms with Crippen LogP contribution in [0.15, 0.2) is 36.5 Å². The minimum absolute atomic E-state index is 0.0187. The van der Waals surface area contributed by atoms with Gasteiger partial charge in [-0.3, -0.25) is 9.59 Å². The van der Waals surface area contributed by atoms with Crippen LogP contribution in [0, 0.1) is 6.92 Å². The van der Waals surface area contributed by atoms with E-state index in [0.29, 0.717) is 12.0 Å². The molecule has 0 unspecified atom stereocenters. The van der Waals surface area contributed by atoms with Gasteiger partial charge in [-0.2, -0.15) is 5.10 Å². The molecule has 2 rings (SSSR count). The SMILES string of the molecule is Cc1ccn(-c2ccc(C(=O)NC(C)(C)CCC(=O)O)cc2)n1. The molecule has 1 heterocycles. The number of carboxylic acid groups (broad SMARTS) is 1. The minimum Gasteiger partial charge on any atom is -0.481 e. The van der Waals surface area contributed by atoms with E-state index in [1.807, 2.05) is 45.2 Å². The van der Waals surface area contributed by atoms with E-state index in [0.717, 1.165) is 11.4 Å². The third kappa shape index (κ3) is 4.67. The van der Waals surface area contributed by atoms with E-state index >= 15 is 0 Å². The van der Waals surface area contributed by atoms with Gasteiger partial charge in [0.2, 0.25) is 0 Å². The molecule has 6 nitrogen and oxygen atoms in total. The third-order valence-electron chi connectivity index (χ3n) is 3.53. The maximum atomic E-state index is 12.3. The van der Waals surface area contributed by atoms with E-state index in [1.54, 1.807) is 16.8 Å². The molecule has 0 radical (unpaired) electrons. The van der Waals surface area contributed by atoms with E-state index in [-0.39, 0.29) is 12.3 Å². The second kappa shape index (κ2) is 6.64. The van der Waals surface area contributed by atoms with Gasteiger partial charge in [0, 0.05) is 23.7 Å². The van der Waals surface area contributed by atoms with E-state index in [4.69, 9.17) is 5.11 Å². The van der Waals surface area contributed by atoms with Crippen molar-refractivity contribution in [3.63, 3.8) is 0 Å². The second-order valence-electron chi connectivity index (χ2n) is 6.18. The molecule has 1 aromatic heterocycles. The molecule has 0 atom stereocenters. The Labute approximate surface area is 135 Å². The Hall–Kier alpha value is -2.63. The molecule has 0 fully saturated rings. The molecule has 0 saturated carbocycles. The summed E-state index contributed by atoms with van der Waals surface area (Å²) in [6, 6.07) is 9.02. The topological polar surface area (TPSA) is 84.2 Å². The lowest BCUT2D eigenvalue weighted by atomic mass is 9.97. The molecule has 2 aromatic rings. The molecule has 0 aliphatic rings. The van der Waals surface area contributed by atoms with Crippen molar-refractivity contribution in [1.29, 1.82) is 0 Å². The van der Waals surface area contributed by atoms with Crippen molar-refractivity contribution >= 4 is 11.9 Å². The first-order valence-electron chi connectivity index (χ1n) is 7.44. The normalized spacial score (nSPS) is 11.3. The van der Waals surface area contributed by atoms with Crippen molar-refractivity contribution in [2.75, 3.05) is 0 Å². The molecule has 0 aliphatic heterocycles. The van der Waals surface area contributed by atoms with Gasteiger partial charge in [0.05, 0.1) is 11.4 Å². The first-order valence-corrected chi connectivity index (χ1v) is 7.44. The van der Waals surface area contributed by atoms with Crippen LogP contribution in [0.5, 0.6) is 0 Å². The first kappa shape index (κ1) is 16.7. The van der Waals surface area contributed by atoms with Crippen LogP contribution in [0.2, 0.25) is 0 Å². The number of hydrogen-bond acceptors (Lipinski definition) is 3. The third-order valence-corrected chi connectivity index (χ3v) is 3.53. The fourth-order valence-corrected chi connectivity index (χ4v) is 2.19. The lowest BCUT2D eigenvalue weighted by Crippen LogP contribution is -2.43.